The van der Waals surface area contributed by atoms with E-state index in [1.807, 2.05) is 24.3 Å². The molecule has 0 aliphatic rings. The van der Waals surface area contributed by atoms with E-state index in [0.29, 0.717) is 19.7 Å². The first-order valence-corrected chi connectivity index (χ1v) is 7.41. The Morgan fingerprint density at radius 3 is 2.67 bits per heavy atom. The van der Waals surface area contributed by atoms with Crippen LogP contribution in [0.3, 0.4) is 0 Å². The summed E-state index contributed by atoms with van der Waals surface area (Å²) < 4.78 is 5.75. The van der Waals surface area contributed by atoms with Crippen LogP contribution in [0.1, 0.15) is 18.9 Å². The van der Waals surface area contributed by atoms with Crippen LogP contribution >= 0.6 is 0 Å². The fraction of sp³-hybridized carbons (Fsp3) is 0.562. The van der Waals surface area contributed by atoms with Gasteiger partial charge < -0.3 is 15.4 Å². The van der Waals surface area contributed by atoms with E-state index in [2.05, 4.69) is 11.8 Å². The minimum Gasteiger partial charge on any atom is -0.492 e. The van der Waals surface area contributed by atoms with Gasteiger partial charge in [0.05, 0.1) is 6.54 Å². The van der Waals surface area contributed by atoms with E-state index in [1.165, 1.54) is 0 Å². The lowest BCUT2D eigenvalue weighted by Crippen LogP contribution is -2.39. The largest absolute Gasteiger partial charge is 0.492 e. The number of hydrogen-bond donors (Lipinski definition) is 1. The van der Waals surface area contributed by atoms with Crippen LogP contribution in [0, 0.1) is 0 Å². The molecule has 0 radical (unpaired) electrons. The zero-order valence-electron chi connectivity index (χ0n) is 13.3. The topological polar surface area (TPSA) is 58.8 Å². The Morgan fingerprint density at radius 2 is 2.05 bits per heavy atom. The predicted molar refractivity (Wildman–Crippen MR) is 85.3 cm³/mol. The van der Waals surface area contributed by atoms with Crippen LogP contribution in [0.4, 0.5) is 0 Å². The van der Waals surface area contributed by atoms with Gasteiger partial charge in [0, 0.05) is 27.2 Å². The molecular weight excluding hydrogens is 266 g/mol. The highest BCUT2D eigenvalue weighted by Gasteiger charge is 2.11. The van der Waals surface area contributed by atoms with Crippen LogP contribution in [0.25, 0.3) is 0 Å². The zero-order valence-corrected chi connectivity index (χ0v) is 13.3. The monoisotopic (exact) mass is 293 g/mol. The van der Waals surface area contributed by atoms with E-state index < -0.39 is 0 Å². The first-order chi connectivity index (χ1) is 10.1. The molecule has 0 aliphatic carbocycles. The number of amides is 1. The lowest BCUT2D eigenvalue weighted by Gasteiger charge is -2.23. The molecule has 0 heterocycles. The molecule has 1 aromatic rings. The zero-order chi connectivity index (χ0) is 15.7. The summed E-state index contributed by atoms with van der Waals surface area (Å²) >= 11 is 0. The van der Waals surface area contributed by atoms with Gasteiger partial charge in [-0.3, -0.25) is 9.69 Å². The van der Waals surface area contributed by atoms with E-state index in [9.17, 15) is 4.79 Å². The van der Waals surface area contributed by atoms with E-state index in [-0.39, 0.29) is 5.91 Å². The summed E-state index contributed by atoms with van der Waals surface area (Å²) in [5.74, 6) is 0.946. The molecule has 0 saturated carbocycles. The molecule has 5 nitrogen and oxygen atoms in total. The van der Waals surface area contributed by atoms with Crippen LogP contribution in [0.15, 0.2) is 24.3 Å². The molecule has 1 rings (SSSR count). The van der Waals surface area contributed by atoms with Gasteiger partial charge in [-0.2, -0.15) is 0 Å². The SMILES string of the molecule is CCCN(CCOc1cccc(CN)c1)CC(=O)N(C)C. The third-order valence-electron chi connectivity index (χ3n) is 3.21. The summed E-state index contributed by atoms with van der Waals surface area (Å²) in [7, 11) is 3.56. The Bertz CT molecular complexity index is 435. The number of likely N-dealkylation sites (N-methyl/N-ethyl adjacent to an activating group) is 1. The smallest absolute Gasteiger partial charge is 0.236 e. The van der Waals surface area contributed by atoms with Crippen molar-refractivity contribution < 1.29 is 9.53 Å². The van der Waals surface area contributed by atoms with E-state index >= 15 is 0 Å². The highest BCUT2D eigenvalue weighted by Crippen LogP contribution is 2.12. The van der Waals surface area contributed by atoms with Crippen LogP contribution in [-0.2, 0) is 11.3 Å². The molecule has 0 aromatic heterocycles. The maximum Gasteiger partial charge on any atom is 0.236 e. The average molecular weight is 293 g/mol. The quantitative estimate of drug-likeness (QED) is 0.746. The van der Waals surface area contributed by atoms with Crippen molar-refractivity contribution in [3.8, 4) is 5.75 Å². The van der Waals surface area contributed by atoms with Crippen molar-refractivity contribution >= 4 is 5.91 Å². The number of carbonyl (C=O) groups is 1. The van der Waals surface area contributed by atoms with Gasteiger partial charge in [0.1, 0.15) is 12.4 Å². The highest BCUT2D eigenvalue weighted by atomic mass is 16.5. The molecule has 118 valence electrons. The number of carbonyl (C=O) groups excluding carboxylic acids is 1. The van der Waals surface area contributed by atoms with E-state index in [4.69, 9.17) is 10.5 Å². The number of nitrogens with zero attached hydrogens (tertiary/aromatic N) is 2. The van der Waals surface area contributed by atoms with Gasteiger partial charge in [-0.05, 0) is 30.7 Å². The van der Waals surface area contributed by atoms with Gasteiger partial charge in [0.15, 0.2) is 0 Å². The number of benzene rings is 1. The number of hydrogen-bond acceptors (Lipinski definition) is 4. The van der Waals surface area contributed by atoms with Crippen molar-refractivity contribution in [3.05, 3.63) is 29.8 Å². The third-order valence-corrected chi connectivity index (χ3v) is 3.21. The van der Waals surface area contributed by atoms with Gasteiger partial charge in [0.2, 0.25) is 5.91 Å². The summed E-state index contributed by atoms with van der Waals surface area (Å²) in [6.45, 7) is 5.25. The minimum atomic E-state index is 0.119. The first kappa shape index (κ1) is 17.5. The maximum atomic E-state index is 11.8. The van der Waals surface area contributed by atoms with Crippen molar-refractivity contribution in [1.29, 1.82) is 0 Å². The summed E-state index contributed by atoms with van der Waals surface area (Å²) in [5.41, 5.74) is 6.67. The molecule has 21 heavy (non-hydrogen) atoms. The lowest BCUT2D eigenvalue weighted by atomic mass is 10.2. The predicted octanol–water partition coefficient (Wildman–Crippen LogP) is 1.32. The second-order valence-corrected chi connectivity index (χ2v) is 5.26. The normalized spacial score (nSPS) is 10.7. The molecule has 2 N–H and O–H groups in total. The summed E-state index contributed by atoms with van der Waals surface area (Å²) in [6, 6.07) is 7.80. The summed E-state index contributed by atoms with van der Waals surface area (Å²) in [4.78, 5) is 15.5. The molecule has 0 spiro atoms. The van der Waals surface area contributed by atoms with Crippen molar-refractivity contribution in [2.75, 3.05) is 40.3 Å². The molecule has 1 aromatic carbocycles. The summed E-state index contributed by atoms with van der Waals surface area (Å²) in [6.07, 6.45) is 1.02. The van der Waals surface area contributed by atoms with Gasteiger partial charge in [0.25, 0.3) is 0 Å². The van der Waals surface area contributed by atoms with Gasteiger partial charge in [-0.1, -0.05) is 19.1 Å². The second-order valence-electron chi connectivity index (χ2n) is 5.26. The van der Waals surface area contributed by atoms with Gasteiger partial charge >= 0.3 is 0 Å². The van der Waals surface area contributed by atoms with Crippen LogP contribution in [0.5, 0.6) is 5.75 Å². The minimum absolute atomic E-state index is 0.119. The van der Waals surface area contributed by atoms with Gasteiger partial charge in [-0.15, -0.1) is 0 Å². The Labute approximate surface area is 127 Å². The van der Waals surface area contributed by atoms with Gasteiger partial charge in [-0.25, -0.2) is 0 Å². The van der Waals surface area contributed by atoms with Crippen molar-refractivity contribution in [1.82, 2.24) is 9.80 Å². The Morgan fingerprint density at radius 1 is 1.29 bits per heavy atom. The molecule has 5 heteroatoms. The molecule has 0 fully saturated rings. The van der Waals surface area contributed by atoms with Crippen LogP contribution < -0.4 is 10.5 Å². The molecule has 1 amide bonds. The molecule has 0 aliphatic heterocycles. The fourth-order valence-electron chi connectivity index (χ4n) is 1.97. The third kappa shape index (κ3) is 6.60. The van der Waals surface area contributed by atoms with Crippen LogP contribution in [-0.4, -0.2) is 56.0 Å². The molecule has 0 bridgehead atoms. The summed E-state index contributed by atoms with van der Waals surface area (Å²) in [5, 5.41) is 0. The van der Waals surface area contributed by atoms with E-state index in [0.717, 1.165) is 30.8 Å². The van der Waals surface area contributed by atoms with Crippen LogP contribution in [0.2, 0.25) is 0 Å². The average Bonchev–Trinajstić information content (AvgIpc) is 2.47. The lowest BCUT2D eigenvalue weighted by molar-refractivity contribution is -0.130. The Balaban J connectivity index is 2.43. The number of rotatable bonds is 9. The maximum absolute atomic E-state index is 11.8. The van der Waals surface area contributed by atoms with Crippen molar-refractivity contribution in [2.45, 2.75) is 19.9 Å². The highest BCUT2D eigenvalue weighted by molar-refractivity contribution is 5.77. The molecule has 0 unspecified atom stereocenters. The molecule has 0 atom stereocenters. The second kappa shape index (κ2) is 9.37. The number of ether oxygens (including phenoxy) is 1. The van der Waals surface area contributed by atoms with E-state index in [1.54, 1.807) is 19.0 Å². The fourth-order valence-corrected chi connectivity index (χ4v) is 1.97. The number of nitrogens with two attached hydrogens (primary N) is 1. The Kier molecular flexibility index (Phi) is 7.79. The van der Waals surface area contributed by atoms with Crippen molar-refractivity contribution in [3.63, 3.8) is 0 Å². The molecular formula is C16H27N3O2. The molecule has 0 saturated heterocycles. The first-order valence-electron chi connectivity index (χ1n) is 7.41. The standard InChI is InChI=1S/C16H27N3O2/c1-4-8-19(13-16(20)18(2)3)9-10-21-15-7-5-6-14(11-15)12-17/h5-7,11H,4,8-10,12-13,17H2,1-3H3. The van der Waals surface area contributed by atoms with Crippen molar-refractivity contribution in [2.24, 2.45) is 5.73 Å². The Hall–Kier alpha value is -1.59.